The molecule has 0 spiro atoms. The van der Waals surface area contributed by atoms with Crippen molar-refractivity contribution in [1.82, 2.24) is 19.8 Å². The third-order valence-electron chi connectivity index (χ3n) is 5.95. The highest BCUT2D eigenvalue weighted by molar-refractivity contribution is 7.89. The molecular formula is C25H36N4O6S. The molecule has 1 heterocycles. The molecule has 2 N–H and O–H groups in total. The van der Waals surface area contributed by atoms with E-state index in [4.69, 9.17) is 4.74 Å². The summed E-state index contributed by atoms with van der Waals surface area (Å²) in [4.78, 5) is 39.6. The zero-order valence-electron chi connectivity index (χ0n) is 21.3. The molecule has 1 unspecified atom stereocenters. The lowest BCUT2D eigenvalue weighted by molar-refractivity contribution is -0.121. The maximum atomic E-state index is 13.1. The van der Waals surface area contributed by atoms with Gasteiger partial charge in [0, 0.05) is 51.3 Å². The Bertz CT molecular complexity index is 1110. The number of ether oxygens (including phenoxy) is 1. The van der Waals surface area contributed by atoms with Gasteiger partial charge in [0.05, 0.1) is 4.90 Å². The number of likely N-dealkylation sites (N-methyl/N-ethyl adjacent to an activating group) is 1. The van der Waals surface area contributed by atoms with E-state index in [0.717, 1.165) is 12.8 Å². The van der Waals surface area contributed by atoms with Gasteiger partial charge in [-0.1, -0.05) is 18.2 Å². The fourth-order valence-electron chi connectivity index (χ4n) is 3.72. The molecule has 36 heavy (non-hydrogen) atoms. The molecule has 1 aromatic carbocycles. The first-order valence-electron chi connectivity index (χ1n) is 12.1. The van der Waals surface area contributed by atoms with Gasteiger partial charge in [0.15, 0.2) is 0 Å². The van der Waals surface area contributed by atoms with Crippen LogP contribution in [0.25, 0.3) is 0 Å². The molecule has 0 saturated heterocycles. The van der Waals surface area contributed by atoms with Crippen molar-refractivity contribution in [3.05, 3.63) is 42.0 Å². The molecule has 1 atom stereocenters. The van der Waals surface area contributed by atoms with E-state index in [2.05, 4.69) is 10.6 Å². The van der Waals surface area contributed by atoms with Crippen LogP contribution in [-0.2, 0) is 19.6 Å². The summed E-state index contributed by atoms with van der Waals surface area (Å²) in [5.41, 5.74) is -0.459. The number of nitrogens with zero attached hydrogens (tertiary/aromatic N) is 2. The molecule has 1 aromatic rings. The largest absolute Gasteiger partial charge is 0.444 e. The summed E-state index contributed by atoms with van der Waals surface area (Å²) < 4.78 is 32.8. The zero-order chi connectivity index (χ0) is 26.5. The molecule has 2 bridgehead atoms. The number of hydrogen-bond acceptors (Lipinski definition) is 6. The molecular weight excluding hydrogens is 484 g/mol. The van der Waals surface area contributed by atoms with Crippen molar-refractivity contribution in [2.24, 2.45) is 5.92 Å². The molecule has 10 nitrogen and oxygen atoms in total. The van der Waals surface area contributed by atoms with Gasteiger partial charge < -0.3 is 20.3 Å². The summed E-state index contributed by atoms with van der Waals surface area (Å²) >= 11 is 0. The maximum Gasteiger partial charge on any atom is 0.410 e. The Morgan fingerprint density at radius 1 is 1.11 bits per heavy atom. The fraction of sp³-hybridized carbons (Fsp3) is 0.560. The van der Waals surface area contributed by atoms with Gasteiger partial charge in [-0.25, -0.2) is 13.2 Å². The van der Waals surface area contributed by atoms with E-state index in [1.54, 1.807) is 39.0 Å². The minimum Gasteiger partial charge on any atom is -0.444 e. The second-order valence-corrected chi connectivity index (χ2v) is 12.2. The average molecular weight is 521 g/mol. The van der Waals surface area contributed by atoms with Crippen LogP contribution in [0.15, 0.2) is 41.3 Å². The number of benzene rings is 1. The molecule has 11 heteroatoms. The normalized spacial score (nSPS) is 23.6. The highest BCUT2D eigenvalue weighted by atomic mass is 32.2. The Morgan fingerprint density at radius 2 is 1.81 bits per heavy atom. The van der Waals surface area contributed by atoms with E-state index in [1.807, 2.05) is 0 Å². The number of amides is 3. The number of rotatable bonds is 1. The first-order chi connectivity index (χ1) is 16.9. The predicted molar refractivity (Wildman–Crippen MR) is 135 cm³/mol. The van der Waals surface area contributed by atoms with Gasteiger partial charge in [0.2, 0.25) is 15.9 Å². The van der Waals surface area contributed by atoms with Gasteiger partial charge in [-0.05, 0) is 57.7 Å². The highest BCUT2D eigenvalue weighted by Crippen LogP contribution is 2.32. The highest BCUT2D eigenvalue weighted by Gasteiger charge is 2.33. The summed E-state index contributed by atoms with van der Waals surface area (Å²) in [6, 6.07) is 5.65. The Labute approximate surface area is 213 Å². The van der Waals surface area contributed by atoms with E-state index in [9.17, 15) is 22.8 Å². The van der Waals surface area contributed by atoms with Gasteiger partial charge >= 0.3 is 6.09 Å². The van der Waals surface area contributed by atoms with Crippen molar-refractivity contribution in [2.75, 3.05) is 33.2 Å². The third-order valence-corrected chi connectivity index (χ3v) is 7.77. The molecule has 0 radical (unpaired) electrons. The molecule has 198 valence electrons. The van der Waals surface area contributed by atoms with Crippen LogP contribution in [0.4, 0.5) is 4.79 Å². The molecule has 1 aliphatic carbocycles. The molecule has 1 aliphatic heterocycles. The van der Waals surface area contributed by atoms with E-state index >= 15 is 0 Å². The minimum absolute atomic E-state index is 0.0128. The lowest BCUT2D eigenvalue weighted by Crippen LogP contribution is -2.46. The first-order valence-corrected chi connectivity index (χ1v) is 13.6. The maximum absolute atomic E-state index is 13.1. The van der Waals surface area contributed by atoms with Crippen molar-refractivity contribution < 1.29 is 27.5 Å². The first kappa shape index (κ1) is 27.7. The topological polar surface area (TPSA) is 125 Å². The van der Waals surface area contributed by atoms with E-state index in [-0.39, 0.29) is 60.9 Å². The second kappa shape index (κ2) is 11.4. The van der Waals surface area contributed by atoms with Gasteiger partial charge in [-0.15, -0.1) is 0 Å². The van der Waals surface area contributed by atoms with Crippen molar-refractivity contribution in [1.29, 1.82) is 0 Å². The molecule has 1 fully saturated rings. The SMILES string of the molecule is CN1C/C=C\CN(C(=O)OC(C)(C)C)CCC(=O)NCC(C2CC2)NC(=O)c2cccc(c2)S1(=O)=O. The number of nitrogens with one attached hydrogen (secondary N) is 2. The summed E-state index contributed by atoms with van der Waals surface area (Å²) in [7, 11) is -2.39. The average Bonchev–Trinajstić information content (AvgIpc) is 3.64. The van der Waals surface area contributed by atoms with Gasteiger partial charge in [0.1, 0.15) is 5.60 Å². The third kappa shape index (κ3) is 7.79. The Balaban J connectivity index is 1.86. The lowest BCUT2D eigenvalue weighted by atomic mass is 10.1. The quantitative estimate of drug-likeness (QED) is 0.547. The Kier molecular flexibility index (Phi) is 8.78. The van der Waals surface area contributed by atoms with Gasteiger partial charge in [0.25, 0.3) is 5.91 Å². The van der Waals surface area contributed by atoms with Crippen LogP contribution in [-0.4, -0.2) is 80.4 Å². The molecule has 1 saturated carbocycles. The Morgan fingerprint density at radius 3 is 2.47 bits per heavy atom. The van der Waals surface area contributed by atoms with Crippen LogP contribution in [0.2, 0.25) is 0 Å². The van der Waals surface area contributed by atoms with Crippen LogP contribution in [0.3, 0.4) is 0 Å². The fourth-order valence-corrected chi connectivity index (χ4v) is 4.89. The standard InChI is InChI=1S/C25H36N4O6S/c1-25(2,3)35-24(32)29-14-6-5-13-28(4)36(33,34)20-9-7-8-19(16-20)23(31)27-21(18-10-11-18)17-26-22(30)12-15-29/h5-9,16,18,21H,10-15,17H2,1-4H3,(H,26,30)(H,27,31)/b6-5-. The van der Waals surface area contributed by atoms with E-state index < -0.39 is 27.6 Å². The van der Waals surface area contributed by atoms with Crippen LogP contribution in [0.5, 0.6) is 0 Å². The van der Waals surface area contributed by atoms with E-state index in [0.29, 0.717) is 0 Å². The molecule has 3 amide bonds. The van der Waals surface area contributed by atoms with Crippen LogP contribution in [0, 0.1) is 5.92 Å². The summed E-state index contributed by atoms with van der Waals surface area (Å²) in [5, 5.41) is 5.81. The van der Waals surface area contributed by atoms with Crippen LogP contribution < -0.4 is 10.6 Å². The zero-order valence-corrected chi connectivity index (χ0v) is 22.1. The van der Waals surface area contributed by atoms with Crippen LogP contribution >= 0.6 is 0 Å². The summed E-state index contributed by atoms with van der Waals surface area (Å²) in [6.45, 7) is 5.88. The number of hydrogen-bond donors (Lipinski definition) is 2. The number of sulfonamides is 1. The second-order valence-electron chi connectivity index (χ2n) is 10.2. The predicted octanol–water partition coefficient (Wildman–Crippen LogP) is 2.13. The number of carbonyl (C=O) groups is 3. The smallest absolute Gasteiger partial charge is 0.410 e. The molecule has 3 rings (SSSR count). The van der Waals surface area contributed by atoms with Gasteiger partial charge in [-0.3, -0.25) is 9.59 Å². The summed E-state index contributed by atoms with van der Waals surface area (Å²) in [5.74, 6) is -0.374. The van der Waals surface area contributed by atoms with E-state index in [1.165, 1.54) is 34.5 Å². The summed E-state index contributed by atoms with van der Waals surface area (Å²) in [6.07, 6.45) is 4.70. The minimum atomic E-state index is -3.84. The molecule has 2 aliphatic rings. The molecule has 0 aromatic heterocycles. The number of carbonyl (C=O) groups excluding carboxylic acids is 3. The van der Waals surface area contributed by atoms with Crippen molar-refractivity contribution in [2.45, 2.75) is 56.6 Å². The van der Waals surface area contributed by atoms with Crippen molar-refractivity contribution in [3.8, 4) is 0 Å². The number of fused-ring (bicyclic) bond motifs is 2. The monoisotopic (exact) mass is 520 g/mol. The lowest BCUT2D eigenvalue weighted by Gasteiger charge is -2.27. The Hall–Kier alpha value is -2.92. The van der Waals surface area contributed by atoms with Crippen molar-refractivity contribution in [3.63, 3.8) is 0 Å². The van der Waals surface area contributed by atoms with Gasteiger partial charge in [-0.2, -0.15) is 4.31 Å². The van der Waals surface area contributed by atoms with Crippen LogP contribution in [0.1, 0.15) is 50.4 Å². The van der Waals surface area contributed by atoms with Crippen molar-refractivity contribution >= 4 is 27.9 Å².